The van der Waals surface area contributed by atoms with Crippen LogP contribution in [0.5, 0.6) is 5.75 Å². The number of ether oxygens (including phenoxy) is 1. The maximum Gasteiger partial charge on any atom is 0.303 e. The van der Waals surface area contributed by atoms with Crippen molar-refractivity contribution in [2.45, 2.75) is 19.8 Å². The molecule has 2 heterocycles. The molecule has 0 unspecified atom stereocenters. The summed E-state index contributed by atoms with van der Waals surface area (Å²) in [4.78, 5) is 23.3. The topological polar surface area (TPSA) is 113 Å². The largest absolute Gasteiger partial charge is 0.493 e. The smallest absolute Gasteiger partial charge is 0.303 e. The van der Waals surface area contributed by atoms with Gasteiger partial charge in [-0.3, -0.25) is 4.79 Å². The highest BCUT2D eigenvalue weighted by Crippen LogP contribution is 2.32. The average Bonchev–Trinajstić information content (AvgIpc) is 2.73. The lowest BCUT2D eigenvalue weighted by molar-refractivity contribution is -0.114. The normalized spacial score (nSPS) is 10.8. The van der Waals surface area contributed by atoms with Crippen LogP contribution >= 0.6 is 0 Å². The summed E-state index contributed by atoms with van der Waals surface area (Å²) in [5.41, 5.74) is 1.57. The molecule has 0 aliphatic carbocycles. The summed E-state index contributed by atoms with van der Waals surface area (Å²) in [6.45, 7) is 2.04. The summed E-state index contributed by atoms with van der Waals surface area (Å²) < 4.78 is 33.4. The first-order valence-electron chi connectivity index (χ1n) is 9.06. The summed E-state index contributed by atoms with van der Waals surface area (Å²) in [6.07, 6.45) is 1.38. The van der Waals surface area contributed by atoms with Crippen LogP contribution < -0.4 is 15.4 Å². The first-order valence-corrected chi connectivity index (χ1v) is 9.06. The summed E-state index contributed by atoms with van der Waals surface area (Å²) in [7, 11) is 1.42. The molecule has 2 N–H and O–H groups in total. The Morgan fingerprint density at radius 3 is 2.45 bits per heavy atom. The number of pyridine rings is 1. The molecule has 3 rings (SSSR count). The molecule has 0 atom stereocenters. The Kier molecular flexibility index (Phi) is 6.06. The molecule has 0 spiro atoms. The summed E-state index contributed by atoms with van der Waals surface area (Å²) >= 11 is 0. The van der Waals surface area contributed by atoms with E-state index in [2.05, 4.69) is 25.6 Å². The number of nitriles is 1. The van der Waals surface area contributed by atoms with Crippen LogP contribution in [0.25, 0.3) is 11.3 Å². The number of carbonyl (C=O) groups excluding carboxylic acids is 1. The fourth-order valence-corrected chi connectivity index (χ4v) is 2.66. The van der Waals surface area contributed by atoms with Crippen molar-refractivity contribution in [1.29, 1.82) is 5.26 Å². The van der Waals surface area contributed by atoms with Gasteiger partial charge in [-0.15, -0.1) is 0 Å². The van der Waals surface area contributed by atoms with E-state index in [-0.39, 0.29) is 23.2 Å². The van der Waals surface area contributed by atoms with Crippen molar-refractivity contribution in [3.8, 4) is 23.1 Å². The summed E-state index contributed by atoms with van der Waals surface area (Å²) in [6, 6.07) is 11.4. The maximum absolute atomic E-state index is 14.1. The molecule has 8 nitrogen and oxygen atoms in total. The highest BCUT2D eigenvalue weighted by molar-refractivity contribution is 5.88. The van der Waals surface area contributed by atoms with Gasteiger partial charge in [0.1, 0.15) is 11.6 Å². The molecule has 1 aromatic carbocycles. The van der Waals surface area contributed by atoms with E-state index >= 15 is 0 Å². The molecule has 10 heteroatoms. The number of carbonyl (C=O) groups is 1. The van der Waals surface area contributed by atoms with Crippen LogP contribution in [-0.2, 0) is 10.7 Å². The highest BCUT2D eigenvalue weighted by Gasteiger charge is 2.29. The van der Waals surface area contributed by atoms with Crippen molar-refractivity contribution < 1.29 is 18.3 Å². The number of alkyl halides is 2. The van der Waals surface area contributed by atoms with Gasteiger partial charge in [0.05, 0.1) is 36.3 Å². The Hall–Kier alpha value is -4.13. The predicted octanol–water partition coefficient (Wildman–Crippen LogP) is 4.23. The van der Waals surface area contributed by atoms with E-state index in [1.54, 1.807) is 24.3 Å². The number of amides is 1. The van der Waals surface area contributed by atoms with Crippen LogP contribution in [0.3, 0.4) is 0 Å². The van der Waals surface area contributed by atoms with Crippen LogP contribution in [0, 0.1) is 11.3 Å². The fourth-order valence-electron chi connectivity index (χ4n) is 2.66. The monoisotopic (exact) mass is 424 g/mol. The van der Waals surface area contributed by atoms with Gasteiger partial charge in [-0.25, -0.2) is 15.0 Å². The van der Waals surface area contributed by atoms with Gasteiger partial charge >= 0.3 is 5.92 Å². The molecule has 0 saturated heterocycles. The third kappa shape index (κ3) is 5.27. The highest BCUT2D eigenvalue weighted by atomic mass is 19.3. The van der Waals surface area contributed by atoms with Gasteiger partial charge < -0.3 is 15.4 Å². The molecule has 0 radical (unpaired) electrons. The Morgan fingerprint density at radius 1 is 1.16 bits per heavy atom. The summed E-state index contributed by atoms with van der Waals surface area (Å²) in [5.74, 6) is -3.63. The predicted molar refractivity (Wildman–Crippen MR) is 110 cm³/mol. The van der Waals surface area contributed by atoms with Crippen LogP contribution in [0.15, 0.2) is 42.6 Å². The minimum absolute atomic E-state index is 0.0872. The molecule has 0 aliphatic heterocycles. The molecular weight excluding hydrogens is 406 g/mol. The van der Waals surface area contributed by atoms with Gasteiger partial charge in [0.15, 0.2) is 5.75 Å². The second kappa shape index (κ2) is 8.71. The third-order valence-electron chi connectivity index (χ3n) is 4.08. The number of hydrogen-bond acceptors (Lipinski definition) is 7. The quantitative estimate of drug-likeness (QED) is 0.609. The first-order chi connectivity index (χ1) is 14.7. The molecule has 0 aliphatic rings. The van der Waals surface area contributed by atoms with E-state index in [0.29, 0.717) is 29.5 Å². The Balaban J connectivity index is 2.06. The van der Waals surface area contributed by atoms with Gasteiger partial charge in [0.25, 0.3) is 0 Å². The van der Waals surface area contributed by atoms with Crippen molar-refractivity contribution in [1.82, 2.24) is 15.0 Å². The number of halogens is 2. The number of hydrogen-bond donors (Lipinski definition) is 2. The van der Waals surface area contributed by atoms with Crippen LogP contribution in [0.2, 0.25) is 0 Å². The van der Waals surface area contributed by atoms with Crippen LogP contribution in [-0.4, -0.2) is 28.0 Å². The number of benzene rings is 1. The minimum Gasteiger partial charge on any atom is -0.493 e. The third-order valence-corrected chi connectivity index (χ3v) is 4.08. The first kappa shape index (κ1) is 21.6. The zero-order valence-corrected chi connectivity index (χ0v) is 16.9. The number of anilines is 3. The standard InChI is InChI=1S/C21H18F2N6O2/c1-12(30)26-18-9-16(17(31-3)11-25-18)27-19-8-15(28-20(29-19)21(2,22)23)14-6-4-13(10-24)5-7-14/h4-9,11H,1-3H3,(H2,25,26,27,28,29,30). The maximum atomic E-state index is 14.1. The number of nitrogens with one attached hydrogen (secondary N) is 2. The van der Waals surface area contributed by atoms with Crippen molar-refractivity contribution in [3.63, 3.8) is 0 Å². The lowest BCUT2D eigenvalue weighted by Gasteiger charge is -2.15. The van der Waals surface area contributed by atoms with Crippen molar-refractivity contribution >= 4 is 23.2 Å². The molecule has 3 aromatic rings. The summed E-state index contributed by atoms with van der Waals surface area (Å²) in [5, 5.41) is 14.4. The molecule has 0 saturated carbocycles. The van der Waals surface area contributed by atoms with Crippen molar-refractivity contribution in [3.05, 3.63) is 54.0 Å². The second-order valence-electron chi connectivity index (χ2n) is 6.62. The average molecular weight is 424 g/mol. The van der Waals surface area contributed by atoms with E-state index in [1.165, 1.54) is 32.4 Å². The molecule has 0 fully saturated rings. The molecular formula is C21H18F2N6O2. The second-order valence-corrected chi connectivity index (χ2v) is 6.62. The fraction of sp³-hybridized carbons (Fsp3) is 0.190. The van der Waals surface area contributed by atoms with Crippen LogP contribution in [0.1, 0.15) is 25.2 Å². The Labute approximate surface area is 176 Å². The number of aromatic nitrogens is 3. The van der Waals surface area contributed by atoms with Gasteiger partial charge in [-0.2, -0.15) is 14.0 Å². The van der Waals surface area contributed by atoms with E-state index in [4.69, 9.17) is 10.00 Å². The number of methoxy groups -OCH3 is 1. The Morgan fingerprint density at radius 2 is 1.87 bits per heavy atom. The van der Waals surface area contributed by atoms with E-state index in [0.717, 1.165) is 0 Å². The zero-order chi connectivity index (χ0) is 22.6. The minimum atomic E-state index is -3.29. The zero-order valence-electron chi connectivity index (χ0n) is 16.9. The molecule has 31 heavy (non-hydrogen) atoms. The van der Waals surface area contributed by atoms with Gasteiger partial charge in [-0.1, -0.05) is 12.1 Å². The lowest BCUT2D eigenvalue weighted by Crippen LogP contribution is -2.14. The number of rotatable bonds is 6. The Bertz CT molecular complexity index is 1150. The van der Waals surface area contributed by atoms with Gasteiger partial charge in [0, 0.05) is 31.5 Å². The molecule has 1 amide bonds. The molecule has 158 valence electrons. The SMILES string of the molecule is COc1cnc(NC(C)=O)cc1Nc1cc(-c2ccc(C#N)cc2)nc(C(C)(F)F)n1. The number of nitrogens with zero attached hydrogens (tertiary/aromatic N) is 4. The lowest BCUT2D eigenvalue weighted by atomic mass is 10.1. The van der Waals surface area contributed by atoms with Crippen LogP contribution in [0.4, 0.5) is 26.1 Å². The van der Waals surface area contributed by atoms with Gasteiger partial charge in [-0.05, 0) is 12.1 Å². The molecule has 0 bridgehead atoms. The van der Waals surface area contributed by atoms with E-state index < -0.39 is 11.7 Å². The van der Waals surface area contributed by atoms with E-state index in [1.807, 2.05) is 6.07 Å². The van der Waals surface area contributed by atoms with Crippen molar-refractivity contribution in [2.24, 2.45) is 0 Å². The van der Waals surface area contributed by atoms with Crippen molar-refractivity contribution in [2.75, 3.05) is 17.7 Å². The van der Waals surface area contributed by atoms with Gasteiger partial charge in [0.2, 0.25) is 11.7 Å². The molecule has 2 aromatic heterocycles. The van der Waals surface area contributed by atoms with E-state index in [9.17, 15) is 13.6 Å².